The van der Waals surface area contributed by atoms with Crippen molar-refractivity contribution < 1.29 is 9.32 Å². The summed E-state index contributed by atoms with van der Waals surface area (Å²) in [6, 6.07) is 18.4. The first-order valence-electron chi connectivity index (χ1n) is 11.1. The zero-order valence-corrected chi connectivity index (χ0v) is 19.2. The maximum absolute atomic E-state index is 13.2. The highest BCUT2D eigenvalue weighted by molar-refractivity contribution is 6.30. The van der Waals surface area contributed by atoms with E-state index in [4.69, 9.17) is 16.1 Å². The number of nitrogens with zero attached hydrogens (tertiary/aromatic N) is 6. The van der Waals surface area contributed by atoms with Crippen molar-refractivity contribution in [3.8, 4) is 22.8 Å². The minimum atomic E-state index is -0.419. The van der Waals surface area contributed by atoms with Gasteiger partial charge in [-0.25, -0.2) is 13.9 Å². The van der Waals surface area contributed by atoms with Crippen molar-refractivity contribution in [3.63, 3.8) is 0 Å². The number of benzene rings is 2. The van der Waals surface area contributed by atoms with Crippen molar-refractivity contribution in [1.82, 2.24) is 24.3 Å². The van der Waals surface area contributed by atoms with Gasteiger partial charge in [0.15, 0.2) is 5.65 Å². The highest BCUT2D eigenvalue weighted by atomic mass is 35.5. The summed E-state index contributed by atoms with van der Waals surface area (Å²) in [6.45, 7) is 0.437. The van der Waals surface area contributed by atoms with Gasteiger partial charge in [0.2, 0.25) is 11.7 Å². The highest BCUT2D eigenvalue weighted by Crippen LogP contribution is 2.27. The molecule has 0 aliphatic carbocycles. The van der Waals surface area contributed by atoms with E-state index >= 15 is 0 Å². The van der Waals surface area contributed by atoms with Crippen LogP contribution < -0.4 is 10.6 Å². The first kappa shape index (κ1) is 21.3. The highest BCUT2D eigenvalue weighted by Gasteiger charge is 2.24. The lowest BCUT2D eigenvalue weighted by atomic mass is 10.0. The molecular formula is C25H19ClN6O3. The van der Waals surface area contributed by atoms with Crippen LogP contribution in [-0.4, -0.2) is 36.8 Å². The van der Waals surface area contributed by atoms with Crippen molar-refractivity contribution in [2.75, 3.05) is 11.4 Å². The number of halogens is 1. The van der Waals surface area contributed by atoms with Gasteiger partial charge in [0.1, 0.15) is 6.54 Å². The Hall–Kier alpha value is -4.24. The number of para-hydroxylation sites is 1. The van der Waals surface area contributed by atoms with E-state index in [2.05, 4.69) is 15.2 Å². The van der Waals surface area contributed by atoms with Gasteiger partial charge < -0.3 is 9.42 Å². The van der Waals surface area contributed by atoms with Crippen molar-refractivity contribution in [2.24, 2.45) is 0 Å². The average Bonchev–Trinajstić information content (AvgIpc) is 3.49. The lowest BCUT2D eigenvalue weighted by Gasteiger charge is -2.29. The van der Waals surface area contributed by atoms with Gasteiger partial charge >= 0.3 is 5.69 Å². The van der Waals surface area contributed by atoms with Crippen molar-refractivity contribution in [1.29, 1.82) is 0 Å². The summed E-state index contributed by atoms with van der Waals surface area (Å²) in [5.74, 6) is 0.417. The van der Waals surface area contributed by atoms with E-state index < -0.39 is 5.69 Å². The molecule has 1 aliphatic rings. The lowest BCUT2D eigenvalue weighted by molar-refractivity contribution is -0.119. The summed E-state index contributed by atoms with van der Waals surface area (Å²) < 4.78 is 8.02. The number of aryl methyl sites for hydroxylation is 1. The molecule has 9 nitrogen and oxygen atoms in total. The summed E-state index contributed by atoms with van der Waals surface area (Å²) in [5, 5.41) is 9.10. The third kappa shape index (κ3) is 3.79. The van der Waals surface area contributed by atoms with Crippen LogP contribution in [0, 0.1) is 0 Å². The predicted molar refractivity (Wildman–Crippen MR) is 130 cm³/mol. The van der Waals surface area contributed by atoms with Crippen molar-refractivity contribution >= 4 is 28.8 Å². The van der Waals surface area contributed by atoms with E-state index in [0.29, 0.717) is 28.6 Å². The number of aromatic nitrogens is 5. The minimum absolute atomic E-state index is 0.172. The topological polar surface area (TPSA) is 98.5 Å². The molecule has 35 heavy (non-hydrogen) atoms. The Kier molecular flexibility index (Phi) is 5.18. The normalized spacial score (nSPS) is 13.2. The largest absolute Gasteiger partial charge is 0.350 e. The molecule has 0 saturated heterocycles. The molecule has 1 amide bonds. The number of carbonyl (C=O) groups is 1. The molecule has 6 rings (SSSR count). The fraction of sp³-hybridized carbons (Fsp3) is 0.160. The van der Waals surface area contributed by atoms with Gasteiger partial charge in [0, 0.05) is 29.0 Å². The molecule has 0 atom stereocenters. The molecule has 0 radical (unpaired) electrons. The van der Waals surface area contributed by atoms with E-state index in [1.54, 1.807) is 47.5 Å². The second-order valence-corrected chi connectivity index (χ2v) is 8.70. The summed E-state index contributed by atoms with van der Waals surface area (Å²) in [5.41, 5.74) is 3.17. The van der Waals surface area contributed by atoms with Crippen LogP contribution in [0.5, 0.6) is 0 Å². The molecule has 0 saturated carbocycles. The molecular weight excluding hydrogens is 468 g/mol. The summed E-state index contributed by atoms with van der Waals surface area (Å²) in [6.07, 6.45) is 3.40. The number of amides is 1. The van der Waals surface area contributed by atoms with Gasteiger partial charge in [0.25, 0.3) is 5.89 Å². The number of fused-ring (bicyclic) bond motifs is 2. The quantitative estimate of drug-likeness (QED) is 0.382. The van der Waals surface area contributed by atoms with Gasteiger partial charge in [-0.1, -0.05) is 35.0 Å². The summed E-state index contributed by atoms with van der Waals surface area (Å²) >= 11 is 5.96. The Labute approximate surface area is 204 Å². The Morgan fingerprint density at radius 3 is 2.74 bits per heavy atom. The molecule has 3 aromatic heterocycles. The number of carbonyl (C=O) groups excluding carboxylic acids is 1. The second-order valence-electron chi connectivity index (χ2n) is 8.26. The fourth-order valence-corrected chi connectivity index (χ4v) is 4.49. The van der Waals surface area contributed by atoms with Crippen LogP contribution in [0.4, 0.5) is 5.69 Å². The third-order valence-electron chi connectivity index (χ3n) is 6.06. The Morgan fingerprint density at radius 1 is 1.06 bits per heavy atom. The van der Waals surface area contributed by atoms with E-state index in [9.17, 15) is 9.59 Å². The molecule has 1 aliphatic heterocycles. The first-order chi connectivity index (χ1) is 17.1. The van der Waals surface area contributed by atoms with Gasteiger partial charge in [-0.05, 0) is 60.9 Å². The third-order valence-corrected chi connectivity index (χ3v) is 6.32. The minimum Gasteiger partial charge on any atom is -0.333 e. The molecule has 4 heterocycles. The number of anilines is 1. The number of pyridine rings is 1. The average molecular weight is 487 g/mol. The molecule has 0 spiro atoms. The van der Waals surface area contributed by atoms with Gasteiger partial charge in [-0.3, -0.25) is 4.79 Å². The van der Waals surface area contributed by atoms with Gasteiger partial charge in [-0.15, -0.1) is 5.10 Å². The van der Waals surface area contributed by atoms with Crippen LogP contribution >= 0.6 is 11.6 Å². The summed E-state index contributed by atoms with van der Waals surface area (Å²) in [4.78, 5) is 32.4. The molecule has 10 heteroatoms. The van der Waals surface area contributed by atoms with E-state index in [1.807, 2.05) is 24.3 Å². The molecule has 5 aromatic rings. The standard InChI is InChI=1S/C25H19ClN6O3/c26-18-11-9-17(10-12-18)22-27-24(35-29-22)19-7-4-14-31-23(19)28-32(25(31)34)15-21(33)30-13-3-6-16-5-1-2-8-20(16)30/h1-2,4-5,7-12,14H,3,6,13,15H2. The maximum atomic E-state index is 13.2. The number of rotatable bonds is 4. The monoisotopic (exact) mass is 486 g/mol. The Morgan fingerprint density at radius 2 is 1.89 bits per heavy atom. The van der Waals surface area contributed by atoms with Crippen LogP contribution in [0.25, 0.3) is 28.5 Å². The van der Waals surface area contributed by atoms with Gasteiger partial charge in [0.05, 0.1) is 5.56 Å². The molecule has 0 N–H and O–H groups in total. The molecule has 0 bridgehead atoms. The second kappa shape index (κ2) is 8.52. The van der Waals surface area contributed by atoms with Crippen molar-refractivity contribution in [3.05, 3.63) is 87.9 Å². The van der Waals surface area contributed by atoms with Crippen molar-refractivity contribution in [2.45, 2.75) is 19.4 Å². The molecule has 0 unspecified atom stereocenters. The predicted octanol–water partition coefficient (Wildman–Crippen LogP) is 3.85. The molecule has 2 aromatic carbocycles. The first-order valence-corrected chi connectivity index (χ1v) is 11.5. The number of hydrogen-bond donors (Lipinski definition) is 0. The van der Waals surface area contributed by atoms with Crippen LogP contribution in [0.3, 0.4) is 0 Å². The van der Waals surface area contributed by atoms with Crippen LogP contribution in [0.2, 0.25) is 5.02 Å². The van der Waals surface area contributed by atoms with E-state index in [-0.39, 0.29) is 18.3 Å². The van der Waals surface area contributed by atoms with Crippen LogP contribution in [0.15, 0.2) is 76.2 Å². The van der Waals surface area contributed by atoms with Gasteiger partial charge in [-0.2, -0.15) is 4.98 Å². The maximum Gasteiger partial charge on any atom is 0.350 e. The number of hydrogen-bond acceptors (Lipinski definition) is 6. The zero-order valence-electron chi connectivity index (χ0n) is 18.5. The fourth-order valence-electron chi connectivity index (χ4n) is 4.36. The smallest absolute Gasteiger partial charge is 0.333 e. The zero-order chi connectivity index (χ0) is 23.9. The van der Waals surface area contributed by atoms with Crippen LogP contribution in [0.1, 0.15) is 12.0 Å². The van der Waals surface area contributed by atoms with E-state index in [1.165, 1.54) is 9.08 Å². The van der Waals surface area contributed by atoms with Crippen LogP contribution in [-0.2, 0) is 17.8 Å². The SMILES string of the molecule is O=C(Cn1nc2c(-c3nc(-c4ccc(Cl)cc4)no3)cccn2c1=O)N1CCCc2ccccc21. The Balaban J connectivity index is 1.33. The molecule has 0 fully saturated rings. The molecule has 174 valence electrons. The lowest BCUT2D eigenvalue weighted by Crippen LogP contribution is -2.39. The van der Waals surface area contributed by atoms with E-state index in [0.717, 1.165) is 29.7 Å². The Bertz CT molecular complexity index is 1620. The summed E-state index contributed by atoms with van der Waals surface area (Å²) in [7, 11) is 0.